The Hall–Kier alpha value is -3.94. The Morgan fingerprint density at radius 1 is 1.04 bits per heavy atom. The fourth-order valence-electron chi connectivity index (χ4n) is 3.01. The van der Waals surface area contributed by atoms with E-state index in [9.17, 15) is 4.79 Å². The normalized spacial score (nSPS) is 13.3. The first-order valence-corrected chi connectivity index (χ1v) is 8.74. The van der Waals surface area contributed by atoms with Gasteiger partial charge in [-0.15, -0.1) is 0 Å². The van der Waals surface area contributed by atoms with E-state index in [1.165, 1.54) is 17.2 Å². The first kappa shape index (κ1) is 16.2. The maximum Gasteiger partial charge on any atom is 0.285 e. The number of ether oxygens (including phenoxy) is 2. The molecular weight excluding hydrogens is 358 g/mol. The Labute approximate surface area is 159 Å². The van der Waals surface area contributed by atoms with Crippen molar-refractivity contribution in [3.8, 4) is 17.2 Å². The van der Waals surface area contributed by atoms with Gasteiger partial charge in [-0.2, -0.15) is 14.9 Å². The third-order valence-corrected chi connectivity index (χ3v) is 4.37. The number of benzene rings is 2. The van der Waals surface area contributed by atoms with Gasteiger partial charge in [-0.1, -0.05) is 18.2 Å². The van der Waals surface area contributed by atoms with Crippen LogP contribution in [0.25, 0.3) is 16.7 Å². The minimum absolute atomic E-state index is 0.291. The van der Waals surface area contributed by atoms with Gasteiger partial charge in [0, 0.05) is 0 Å². The van der Waals surface area contributed by atoms with E-state index in [0.29, 0.717) is 35.7 Å². The summed E-state index contributed by atoms with van der Waals surface area (Å²) in [5.74, 6) is 1.37. The average molecular weight is 373 g/mol. The van der Waals surface area contributed by atoms with Crippen LogP contribution in [0.4, 0.5) is 0 Å². The van der Waals surface area contributed by atoms with Gasteiger partial charge < -0.3 is 9.47 Å². The molecule has 138 valence electrons. The van der Waals surface area contributed by atoms with Gasteiger partial charge >= 0.3 is 0 Å². The van der Waals surface area contributed by atoms with Crippen LogP contribution >= 0.6 is 0 Å². The van der Waals surface area contributed by atoms with Crippen LogP contribution in [0.3, 0.4) is 0 Å². The van der Waals surface area contributed by atoms with Crippen molar-refractivity contribution in [3.05, 3.63) is 77.0 Å². The fourth-order valence-corrected chi connectivity index (χ4v) is 3.01. The molecule has 0 bridgehead atoms. The van der Waals surface area contributed by atoms with Crippen molar-refractivity contribution in [1.82, 2.24) is 19.4 Å². The van der Waals surface area contributed by atoms with Crippen LogP contribution in [0.1, 0.15) is 5.56 Å². The van der Waals surface area contributed by atoms with E-state index in [4.69, 9.17) is 9.47 Å². The fraction of sp³-hybridized carbons (Fsp3) is 0.100. The van der Waals surface area contributed by atoms with Crippen LogP contribution in [0.15, 0.2) is 71.0 Å². The van der Waals surface area contributed by atoms with E-state index in [0.717, 1.165) is 11.3 Å². The molecule has 0 spiro atoms. The molecule has 0 unspecified atom stereocenters. The molecule has 2 aromatic carbocycles. The van der Waals surface area contributed by atoms with Crippen molar-refractivity contribution in [1.29, 1.82) is 0 Å². The van der Waals surface area contributed by atoms with Crippen LogP contribution in [0.5, 0.6) is 11.5 Å². The smallest absolute Gasteiger partial charge is 0.285 e. The van der Waals surface area contributed by atoms with Crippen molar-refractivity contribution in [2.45, 2.75) is 0 Å². The van der Waals surface area contributed by atoms with Crippen LogP contribution in [-0.2, 0) is 0 Å². The number of hydrogen-bond acceptors (Lipinski definition) is 6. The second-order valence-electron chi connectivity index (χ2n) is 6.17. The van der Waals surface area contributed by atoms with E-state index >= 15 is 0 Å². The van der Waals surface area contributed by atoms with E-state index in [1.54, 1.807) is 10.9 Å². The Balaban J connectivity index is 1.49. The molecule has 0 N–H and O–H groups in total. The molecular formula is C20H15N5O3. The second kappa shape index (κ2) is 6.66. The summed E-state index contributed by atoms with van der Waals surface area (Å²) in [4.78, 5) is 17.1. The van der Waals surface area contributed by atoms with Crippen LogP contribution in [-0.4, -0.2) is 38.9 Å². The standard InChI is InChI=1S/C20H15N5O3/c26-20-16-12-23-25(15-4-2-1-3-5-15)19(16)21-13-24(20)22-11-14-6-7-17-18(10-14)28-9-8-27-17/h1-7,10-13H,8-9H2/b22-11+. The van der Waals surface area contributed by atoms with Gasteiger partial charge in [0.15, 0.2) is 17.1 Å². The lowest BCUT2D eigenvalue weighted by Crippen LogP contribution is -2.17. The van der Waals surface area contributed by atoms with Gasteiger partial charge in [0.2, 0.25) is 0 Å². The molecule has 28 heavy (non-hydrogen) atoms. The molecule has 0 saturated carbocycles. The summed E-state index contributed by atoms with van der Waals surface area (Å²) >= 11 is 0. The number of rotatable bonds is 3. The third-order valence-electron chi connectivity index (χ3n) is 4.37. The van der Waals surface area contributed by atoms with Gasteiger partial charge in [-0.3, -0.25) is 4.79 Å². The summed E-state index contributed by atoms with van der Waals surface area (Å²) in [5.41, 5.74) is 1.82. The van der Waals surface area contributed by atoms with Gasteiger partial charge in [0.05, 0.1) is 18.1 Å². The Morgan fingerprint density at radius 2 is 1.86 bits per heavy atom. The van der Waals surface area contributed by atoms with Gasteiger partial charge in [0.25, 0.3) is 5.56 Å². The lowest BCUT2D eigenvalue weighted by molar-refractivity contribution is 0.171. The molecule has 0 fully saturated rings. The molecule has 8 nitrogen and oxygen atoms in total. The highest BCUT2D eigenvalue weighted by Gasteiger charge is 2.12. The quantitative estimate of drug-likeness (QED) is 0.514. The largest absolute Gasteiger partial charge is 0.486 e. The van der Waals surface area contributed by atoms with Crippen LogP contribution < -0.4 is 15.0 Å². The molecule has 5 rings (SSSR count). The maximum atomic E-state index is 12.7. The molecule has 3 heterocycles. The van der Waals surface area contributed by atoms with Crippen molar-refractivity contribution in [2.75, 3.05) is 13.2 Å². The van der Waals surface area contributed by atoms with E-state index in [-0.39, 0.29) is 5.56 Å². The monoisotopic (exact) mass is 373 g/mol. The van der Waals surface area contributed by atoms with E-state index in [1.807, 2.05) is 48.5 Å². The molecule has 0 radical (unpaired) electrons. The lowest BCUT2D eigenvalue weighted by atomic mass is 10.2. The highest BCUT2D eigenvalue weighted by Crippen LogP contribution is 2.30. The number of para-hydroxylation sites is 1. The summed E-state index contributed by atoms with van der Waals surface area (Å²) in [6.45, 7) is 1.05. The molecule has 4 aromatic rings. The number of fused-ring (bicyclic) bond motifs is 2. The van der Waals surface area contributed by atoms with E-state index < -0.39 is 0 Å². The van der Waals surface area contributed by atoms with Gasteiger partial charge in [0.1, 0.15) is 24.9 Å². The highest BCUT2D eigenvalue weighted by atomic mass is 16.6. The molecule has 1 aliphatic heterocycles. The summed E-state index contributed by atoms with van der Waals surface area (Å²) < 4.78 is 13.9. The molecule has 2 aromatic heterocycles. The van der Waals surface area contributed by atoms with Crippen molar-refractivity contribution < 1.29 is 9.47 Å². The molecule has 0 atom stereocenters. The molecule has 8 heteroatoms. The molecule has 1 aliphatic rings. The highest BCUT2D eigenvalue weighted by molar-refractivity contribution is 5.81. The first-order valence-electron chi connectivity index (χ1n) is 8.74. The number of hydrogen-bond donors (Lipinski definition) is 0. The number of nitrogens with zero attached hydrogens (tertiary/aromatic N) is 5. The van der Waals surface area contributed by atoms with Crippen LogP contribution in [0, 0.1) is 0 Å². The second-order valence-corrected chi connectivity index (χ2v) is 6.17. The SMILES string of the molecule is O=c1c2cnn(-c3ccccc3)c2ncn1/N=C/c1ccc2c(c1)OCCO2. The van der Waals surface area contributed by atoms with Crippen molar-refractivity contribution in [3.63, 3.8) is 0 Å². The minimum atomic E-state index is -0.291. The maximum absolute atomic E-state index is 12.7. The minimum Gasteiger partial charge on any atom is -0.486 e. The van der Waals surface area contributed by atoms with Gasteiger partial charge in [-0.25, -0.2) is 9.67 Å². The Bertz CT molecular complexity index is 1240. The lowest BCUT2D eigenvalue weighted by Gasteiger charge is -2.18. The first-order chi connectivity index (χ1) is 13.8. The van der Waals surface area contributed by atoms with Gasteiger partial charge in [-0.05, 0) is 35.9 Å². The predicted molar refractivity (Wildman–Crippen MR) is 104 cm³/mol. The van der Waals surface area contributed by atoms with Crippen LogP contribution in [0.2, 0.25) is 0 Å². The molecule has 0 saturated heterocycles. The summed E-state index contributed by atoms with van der Waals surface area (Å²) in [6, 6.07) is 15.0. The third kappa shape index (κ3) is 2.81. The summed E-state index contributed by atoms with van der Waals surface area (Å²) in [5, 5.41) is 8.93. The topological polar surface area (TPSA) is 83.5 Å². The summed E-state index contributed by atoms with van der Waals surface area (Å²) in [6.07, 6.45) is 4.48. The predicted octanol–water partition coefficient (Wildman–Crippen LogP) is 2.24. The molecule has 0 amide bonds. The molecule has 0 aliphatic carbocycles. The van der Waals surface area contributed by atoms with Crippen molar-refractivity contribution in [2.24, 2.45) is 5.10 Å². The summed E-state index contributed by atoms with van der Waals surface area (Å²) in [7, 11) is 0. The average Bonchev–Trinajstić information content (AvgIpc) is 3.19. The number of aromatic nitrogens is 4. The zero-order valence-electron chi connectivity index (χ0n) is 14.7. The van der Waals surface area contributed by atoms with E-state index in [2.05, 4.69) is 15.2 Å². The zero-order chi connectivity index (χ0) is 18.9. The Kier molecular flexibility index (Phi) is 3.86. The Morgan fingerprint density at radius 3 is 2.71 bits per heavy atom. The zero-order valence-corrected chi connectivity index (χ0v) is 14.7. The van der Waals surface area contributed by atoms with Crippen molar-refractivity contribution >= 4 is 17.2 Å².